The van der Waals surface area contributed by atoms with E-state index in [1.54, 1.807) is 0 Å². The van der Waals surface area contributed by atoms with E-state index in [1.165, 1.54) is 12.0 Å². The highest BCUT2D eigenvalue weighted by Crippen LogP contribution is 2.25. The van der Waals surface area contributed by atoms with Gasteiger partial charge in [0.2, 0.25) is 0 Å². The lowest BCUT2D eigenvalue weighted by Gasteiger charge is -2.02. The molecule has 0 saturated carbocycles. The predicted molar refractivity (Wildman–Crippen MR) is 72.5 cm³/mol. The van der Waals surface area contributed by atoms with Gasteiger partial charge in [-0.1, -0.05) is 19.4 Å². The first-order chi connectivity index (χ1) is 8.15. The summed E-state index contributed by atoms with van der Waals surface area (Å²) >= 11 is 0. The summed E-state index contributed by atoms with van der Waals surface area (Å²) in [7, 11) is 0. The molecule has 4 heteroatoms. The molecule has 0 spiro atoms. The summed E-state index contributed by atoms with van der Waals surface area (Å²) in [4.78, 5) is 0. The fourth-order valence-corrected chi connectivity index (χ4v) is 1.86. The standard InChI is InChI=1S/C13H20N4/c1-4-5-8-15-13-12(14)11-7-6-9(2)10(3)17(11)16-13/h6-7H,4-5,8,14H2,1-3H3,(H,15,16). The van der Waals surface area contributed by atoms with Crippen molar-refractivity contribution in [1.29, 1.82) is 0 Å². The summed E-state index contributed by atoms with van der Waals surface area (Å²) in [5.74, 6) is 0.798. The molecule has 4 nitrogen and oxygen atoms in total. The Kier molecular flexibility index (Phi) is 3.22. The van der Waals surface area contributed by atoms with Crippen LogP contribution in [0.25, 0.3) is 5.52 Å². The maximum absolute atomic E-state index is 6.09. The minimum atomic E-state index is 0.740. The van der Waals surface area contributed by atoms with Crippen molar-refractivity contribution in [2.75, 3.05) is 17.6 Å². The molecule has 17 heavy (non-hydrogen) atoms. The normalized spacial score (nSPS) is 11.0. The van der Waals surface area contributed by atoms with E-state index in [0.717, 1.165) is 35.7 Å². The molecule has 0 aromatic carbocycles. The second-order valence-electron chi connectivity index (χ2n) is 4.44. The molecule has 0 unspecified atom stereocenters. The topological polar surface area (TPSA) is 55.4 Å². The highest BCUT2D eigenvalue weighted by Gasteiger charge is 2.10. The van der Waals surface area contributed by atoms with Gasteiger partial charge in [0.25, 0.3) is 0 Å². The lowest BCUT2D eigenvalue weighted by Crippen LogP contribution is -2.03. The first kappa shape index (κ1) is 11.8. The summed E-state index contributed by atoms with van der Waals surface area (Å²) in [6, 6.07) is 4.11. The van der Waals surface area contributed by atoms with Crippen molar-refractivity contribution in [3.8, 4) is 0 Å². The number of anilines is 2. The quantitative estimate of drug-likeness (QED) is 0.797. The number of hydrogen-bond donors (Lipinski definition) is 2. The predicted octanol–water partition coefficient (Wildman–Crippen LogP) is 2.75. The molecule has 0 bridgehead atoms. The molecule has 2 aromatic rings. The number of nitrogens with one attached hydrogen (secondary N) is 1. The number of hydrogen-bond acceptors (Lipinski definition) is 3. The van der Waals surface area contributed by atoms with E-state index >= 15 is 0 Å². The third-order valence-electron chi connectivity index (χ3n) is 3.16. The molecule has 0 fully saturated rings. The van der Waals surface area contributed by atoms with Gasteiger partial charge in [-0.25, -0.2) is 4.52 Å². The number of nitrogens with zero attached hydrogens (tertiary/aromatic N) is 2. The molecule has 0 saturated heterocycles. The monoisotopic (exact) mass is 232 g/mol. The van der Waals surface area contributed by atoms with Gasteiger partial charge in [0.15, 0.2) is 5.82 Å². The SMILES string of the molecule is CCCCNc1nn2c(C)c(C)ccc2c1N. The number of aromatic nitrogens is 2. The number of aryl methyl sites for hydroxylation is 2. The van der Waals surface area contributed by atoms with Crippen molar-refractivity contribution < 1.29 is 0 Å². The zero-order valence-electron chi connectivity index (χ0n) is 10.7. The summed E-state index contributed by atoms with van der Waals surface area (Å²) in [6.45, 7) is 7.23. The number of rotatable bonds is 4. The molecule has 0 amide bonds. The van der Waals surface area contributed by atoms with Crippen LogP contribution >= 0.6 is 0 Å². The molecular formula is C13H20N4. The first-order valence-electron chi connectivity index (χ1n) is 6.13. The van der Waals surface area contributed by atoms with E-state index < -0.39 is 0 Å². The fourth-order valence-electron chi connectivity index (χ4n) is 1.86. The van der Waals surface area contributed by atoms with Gasteiger partial charge in [-0.15, -0.1) is 5.10 Å². The average molecular weight is 232 g/mol. The van der Waals surface area contributed by atoms with E-state index in [2.05, 4.69) is 37.3 Å². The Bertz CT molecular complexity index is 528. The Morgan fingerprint density at radius 1 is 1.35 bits per heavy atom. The second kappa shape index (κ2) is 4.65. The molecule has 3 N–H and O–H groups in total. The minimum Gasteiger partial charge on any atom is -0.394 e. The smallest absolute Gasteiger partial charge is 0.172 e. The van der Waals surface area contributed by atoms with Crippen molar-refractivity contribution in [2.45, 2.75) is 33.6 Å². The number of nitrogen functional groups attached to an aromatic ring is 1. The van der Waals surface area contributed by atoms with Crippen LogP contribution in [0.5, 0.6) is 0 Å². The molecule has 0 aliphatic rings. The Labute approximate surface area is 102 Å². The van der Waals surface area contributed by atoms with Gasteiger partial charge in [0, 0.05) is 12.2 Å². The van der Waals surface area contributed by atoms with Crippen LogP contribution in [0.1, 0.15) is 31.0 Å². The van der Waals surface area contributed by atoms with Gasteiger partial charge in [-0.2, -0.15) is 0 Å². The third-order valence-corrected chi connectivity index (χ3v) is 3.16. The number of nitrogens with two attached hydrogens (primary N) is 1. The molecule has 0 aliphatic carbocycles. The molecule has 2 aromatic heterocycles. The first-order valence-corrected chi connectivity index (χ1v) is 6.13. The number of fused-ring (bicyclic) bond motifs is 1. The highest BCUT2D eigenvalue weighted by molar-refractivity contribution is 5.81. The van der Waals surface area contributed by atoms with Crippen LogP contribution < -0.4 is 11.1 Å². The van der Waals surface area contributed by atoms with Crippen LogP contribution in [-0.4, -0.2) is 16.2 Å². The maximum atomic E-state index is 6.09. The summed E-state index contributed by atoms with van der Waals surface area (Å²) in [5, 5.41) is 7.82. The van der Waals surface area contributed by atoms with Gasteiger partial charge in [0.1, 0.15) is 5.69 Å². The Balaban J connectivity index is 2.39. The van der Waals surface area contributed by atoms with Crippen LogP contribution in [0.3, 0.4) is 0 Å². The van der Waals surface area contributed by atoms with Crippen LogP contribution in [0, 0.1) is 13.8 Å². The third kappa shape index (κ3) is 2.07. The van der Waals surface area contributed by atoms with Gasteiger partial charge in [0.05, 0.1) is 5.52 Å². The second-order valence-corrected chi connectivity index (χ2v) is 4.44. The number of pyridine rings is 1. The Morgan fingerprint density at radius 3 is 2.82 bits per heavy atom. The molecular weight excluding hydrogens is 212 g/mol. The average Bonchev–Trinajstić information content (AvgIpc) is 2.63. The zero-order chi connectivity index (χ0) is 12.4. The van der Waals surface area contributed by atoms with Gasteiger partial charge < -0.3 is 11.1 Å². The molecule has 92 valence electrons. The lowest BCUT2D eigenvalue weighted by atomic mass is 10.2. The van der Waals surface area contributed by atoms with Crippen molar-refractivity contribution in [3.05, 3.63) is 23.4 Å². The van der Waals surface area contributed by atoms with E-state index in [-0.39, 0.29) is 0 Å². The van der Waals surface area contributed by atoms with Crippen molar-refractivity contribution in [3.63, 3.8) is 0 Å². The van der Waals surface area contributed by atoms with Crippen LogP contribution in [-0.2, 0) is 0 Å². The largest absolute Gasteiger partial charge is 0.394 e. The highest BCUT2D eigenvalue weighted by atomic mass is 15.3. The zero-order valence-corrected chi connectivity index (χ0v) is 10.7. The summed E-state index contributed by atoms with van der Waals surface area (Å²) < 4.78 is 1.92. The molecule has 0 atom stereocenters. The molecule has 0 radical (unpaired) electrons. The Hall–Kier alpha value is -1.71. The Morgan fingerprint density at radius 2 is 2.12 bits per heavy atom. The van der Waals surface area contributed by atoms with E-state index in [0.29, 0.717) is 0 Å². The van der Waals surface area contributed by atoms with Crippen molar-refractivity contribution in [1.82, 2.24) is 9.61 Å². The summed E-state index contributed by atoms with van der Waals surface area (Å²) in [6.07, 6.45) is 2.30. The number of unbranched alkanes of at least 4 members (excludes halogenated alkanes) is 1. The molecule has 0 aliphatic heterocycles. The van der Waals surface area contributed by atoms with Crippen LogP contribution in [0.2, 0.25) is 0 Å². The van der Waals surface area contributed by atoms with E-state index in [1.807, 2.05) is 10.6 Å². The lowest BCUT2D eigenvalue weighted by molar-refractivity contribution is 0.824. The fraction of sp³-hybridized carbons (Fsp3) is 0.462. The van der Waals surface area contributed by atoms with E-state index in [4.69, 9.17) is 5.73 Å². The van der Waals surface area contributed by atoms with Gasteiger partial charge in [-0.3, -0.25) is 0 Å². The van der Waals surface area contributed by atoms with E-state index in [9.17, 15) is 0 Å². The van der Waals surface area contributed by atoms with Crippen molar-refractivity contribution in [2.24, 2.45) is 0 Å². The maximum Gasteiger partial charge on any atom is 0.172 e. The molecule has 2 rings (SSSR count). The summed E-state index contributed by atoms with van der Waals surface area (Å²) in [5.41, 5.74) is 10.2. The van der Waals surface area contributed by atoms with Crippen LogP contribution in [0.15, 0.2) is 12.1 Å². The minimum absolute atomic E-state index is 0.740. The van der Waals surface area contributed by atoms with Crippen molar-refractivity contribution >= 4 is 17.0 Å². The van der Waals surface area contributed by atoms with Gasteiger partial charge in [-0.05, 0) is 31.9 Å². The van der Waals surface area contributed by atoms with Gasteiger partial charge >= 0.3 is 0 Å². The van der Waals surface area contributed by atoms with Crippen LogP contribution in [0.4, 0.5) is 11.5 Å². The molecule has 2 heterocycles.